The number of ether oxygens (including phenoxy) is 1. The van der Waals surface area contributed by atoms with E-state index in [9.17, 15) is 8.42 Å². The molecular weight excluding hydrogens is 252 g/mol. The normalized spacial score (nSPS) is 12.2. The number of nitrogen functional groups attached to an aromatic ring is 1. The first-order valence-corrected chi connectivity index (χ1v) is 7.22. The Bertz CT molecular complexity index is 519. The van der Waals surface area contributed by atoms with E-state index >= 15 is 0 Å². The first-order chi connectivity index (χ1) is 8.13. The first kappa shape index (κ1) is 14.6. The molecule has 0 saturated heterocycles. The molecule has 0 radical (unpaired) electrons. The Morgan fingerprint density at radius 3 is 2.39 bits per heavy atom. The fourth-order valence-electron chi connectivity index (χ4n) is 1.58. The zero-order valence-electron chi connectivity index (χ0n) is 11.1. The van der Waals surface area contributed by atoms with E-state index in [0.717, 1.165) is 0 Å². The van der Waals surface area contributed by atoms with Crippen LogP contribution in [0, 0.1) is 5.41 Å². The van der Waals surface area contributed by atoms with Gasteiger partial charge in [0.25, 0.3) is 0 Å². The van der Waals surface area contributed by atoms with E-state index in [1.807, 2.05) is 20.8 Å². The van der Waals surface area contributed by atoms with Gasteiger partial charge >= 0.3 is 0 Å². The molecule has 0 unspecified atom stereocenters. The summed E-state index contributed by atoms with van der Waals surface area (Å²) in [4.78, 5) is 0. The van der Waals surface area contributed by atoms with E-state index in [1.165, 1.54) is 7.11 Å². The quantitative estimate of drug-likeness (QED) is 0.822. The molecule has 1 aromatic rings. The number of anilines is 2. The average Bonchev–Trinajstić information content (AvgIpc) is 2.12. The van der Waals surface area contributed by atoms with Gasteiger partial charge < -0.3 is 10.5 Å². The number of nitrogens with one attached hydrogen (secondary N) is 1. The minimum absolute atomic E-state index is 0.0476. The van der Waals surface area contributed by atoms with E-state index in [0.29, 0.717) is 17.1 Å². The summed E-state index contributed by atoms with van der Waals surface area (Å²) >= 11 is 0. The van der Waals surface area contributed by atoms with Crippen molar-refractivity contribution < 1.29 is 13.2 Å². The molecule has 5 nitrogen and oxygen atoms in total. The summed E-state index contributed by atoms with van der Waals surface area (Å²) in [6, 6.07) is 4.79. The van der Waals surface area contributed by atoms with Crippen LogP contribution in [0.5, 0.6) is 5.75 Å². The van der Waals surface area contributed by atoms with Crippen LogP contribution in [-0.4, -0.2) is 21.3 Å². The van der Waals surface area contributed by atoms with Gasteiger partial charge in [0.2, 0.25) is 10.0 Å². The lowest BCUT2D eigenvalue weighted by Gasteiger charge is -2.19. The Balaban J connectivity index is 2.88. The summed E-state index contributed by atoms with van der Waals surface area (Å²) in [7, 11) is -1.87. The third kappa shape index (κ3) is 4.44. The minimum atomic E-state index is -3.38. The Labute approximate surface area is 108 Å². The van der Waals surface area contributed by atoms with Gasteiger partial charge in [0.15, 0.2) is 0 Å². The van der Waals surface area contributed by atoms with Gasteiger partial charge in [0, 0.05) is 0 Å². The molecule has 0 aliphatic heterocycles. The molecular formula is C12H20N2O3S. The molecule has 0 amide bonds. The maximum absolute atomic E-state index is 11.9. The number of methoxy groups -OCH3 is 1. The molecule has 0 aliphatic rings. The highest BCUT2D eigenvalue weighted by Crippen LogP contribution is 2.26. The van der Waals surface area contributed by atoms with Gasteiger partial charge in [0.05, 0.1) is 24.2 Å². The van der Waals surface area contributed by atoms with Gasteiger partial charge in [-0.3, -0.25) is 4.72 Å². The lowest BCUT2D eigenvalue weighted by atomic mass is 10.0. The number of nitrogens with two attached hydrogens (primary N) is 1. The van der Waals surface area contributed by atoms with Crippen LogP contribution >= 0.6 is 0 Å². The number of rotatable bonds is 4. The van der Waals surface area contributed by atoms with Crippen LogP contribution in [0.15, 0.2) is 18.2 Å². The Morgan fingerprint density at radius 1 is 1.33 bits per heavy atom. The molecule has 0 aromatic heterocycles. The molecule has 102 valence electrons. The van der Waals surface area contributed by atoms with Crippen LogP contribution in [-0.2, 0) is 10.0 Å². The number of sulfonamides is 1. The van der Waals surface area contributed by atoms with Gasteiger partial charge in [-0.25, -0.2) is 8.42 Å². The summed E-state index contributed by atoms with van der Waals surface area (Å²) in [5.74, 6) is 0.570. The second kappa shape index (κ2) is 5.06. The fourth-order valence-corrected chi connectivity index (χ4v) is 3.28. The SMILES string of the molecule is COc1ccc(NS(=O)(=O)CC(C)(C)C)cc1N. The predicted molar refractivity (Wildman–Crippen MR) is 74.3 cm³/mol. The molecule has 0 saturated carbocycles. The number of benzene rings is 1. The zero-order chi connectivity index (χ0) is 14.0. The summed E-state index contributed by atoms with van der Waals surface area (Å²) in [6.07, 6.45) is 0. The van der Waals surface area contributed by atoms with Gasteiger partial charge in [-0.2, -0.15) is 0 Å². The molecule has 0 fully saturated rings. The van der Waals surface area contributed by atoms with Crippen molar-refractivity contribution in [2.75, 3.05) is 23.3 Å². The average molecular weight is 272 g/mol. The highest BCUT2D eigenvalue weighted by atomic mass is 32.2. The third-order valence-electron chi connectivity index (χ3n) is 2.13. The highest BCUT2D eigenvalue weighted by molar-refractivity contribution is 7.92. The molecule has 0 heterocycles. The molecule has 3 N–H and O–H groups in total. The fraction of sp³-hybridized carbons (Fsp3) is 0.500. The number of hydrogen-bond acceptors (Lipinski definition) is 4. The summed E-state index contributed by atoms with van der Waals surface area (Å²) in [5, 5.41) is 0. The molecule has 6 heteroatoms. The second-order valence-electron chi connectivity index (χ2n) is 5.38. The Kier molecular flexibility index (Phi) is 4.11. The van der Waals surface area contributed by atoms with E-state index < -0.39 is 10.0 Å². The van der Waals surface area contributed by atoms with Crippen LogP contribution in [0.4, 0.5) is 11.4 Å². The second-order valence-corrected chi connectivity index (χ2v) is 7.10. The highest BCUT2D eigenvalue weighted by Gasteiger charge is 2.21. The van der Waals surface area contributed by atoms with Crippen molar-refractivity contribution in [3.8, 4) is 5.75 Å². The van der Waals surface area contributed by atoms with Crippen LogP contribution in [0.25, 0.3) is 0 Å². The smallest absolute Gasteiger partial charge is 0.233 e. The molecule has 18 heavy (non-hydrogen) atoms. The van der Waals surface area contributed by atoms with Crippen LogP contribution < -0.4 is 15.2 Å². The van der Waals surface area contributed by atoms with Crippen molar-refractivity contribution in [2.45, 2.75) is 20.8 Å². The maximum Gasteiger partial charge on any atom is 0.233 e. The summed E-state index contributed by atoms with van der Waals surface area (Å²) < 4.78 is 31.3. The lowest BCUT2D eigenvalue weighted by Crippen LogP contribution is -2.26. The van der Waals surface area contributed by atoms with Crippen molar-refractivity contribution in [2.24, 2.45) is 5.41 Å². The molecule has 0 bridgehead atoms. The number of hydrogen-bond donors (Lipinski definition) is 2. The van der Waals surface area contributed by atoms with E-state index in [2.05, 4.69) is 4.72 Å². The minimum Gasteiger partial charge on any atom is -0.495 e. The lowest BCUT2D eigenvalue weighted by molar-refractivity contribution is 0.417. The molecule has 0 atom stereocenters. The standard InChI is InChI=1S/C12H20N2O3S/c1-12(2,3)8-18(15,16)14-9-5-6-11(17-4)10(13)7-9/h5-7,14H,8,13H2,1-4H3. The Morgan fingerprint density at radius 2 is 1.94 bits per heavy atom. The van der Waals surface area contributed by atoms with Crippen molar-refractivity contribution in [3.05, 3.63) is 18.2 Å². The van der Waals surface area contributed by atoms with Crippen LogP contribution in [0.1, 0.15) is 20.8 Å². The van der Waals surface area contributed by atoms with Gasteiger partial charge in [-0.05, 0) is 23.6 Å². The van der Waals surface area contributed by atoms with Crippen LogP contribution in [0.3, 0.4) is 0 Å². The third-order valence-corrected chi connectivity index (χ3v) is 3.92. The maximum atomic E-state index is 11.9. The predicted octanol–water partition coefficient (Wildman–Crippen LogP) is 2.07. The van der Waals surface area contributed by atoms with Crippen molar-refractivity contribution in [3.63, 3.8) is 0 Å². The topological polar surface area (TPSA) is 81.4 Å². The van der Waals surface area contributed by atoms with Gasteiger partial charge in [-0.1, -0.05) is 20.8 Å². The van der Waals surface area contributed by atoms with E-state index in [4.69, 9.17) is 10.5 Å². The molecule has 0 aliphatic carbocycles. The van der Waals surface area contributed by atoms with Gasteiger partial charge in [-0.15, -0.1) is 0 Å². The Hall–Kier alpha value is -1.43. The molecule has 1 rings (SSSR count). The summed E-state index contributed by atoms with van der Waals surface area (Å²) in [6.45, 7) is 5.61. The van der Waals surface area contributed by atoms with Crippen LogP contribution in [0.2, 0.25) is 0 Å². The largest absolute Gasteiger partial charge is 0.495 e. The van der Waals surface area contributed by atoms with Gasteiger partial charge in [0.1, 0.15) is 5.75 Å². The monoisotopic (exact) mass is 272 g/mol. The molecule has 0 spiro atoms. The van der Waals surface area contributed by atoms with E-state index in [1.54, 1.807) is 18.2 Å². The van der Waals surface area contributed by atoms with E-state index in [-0.39, 0.29) is 11.2 Å². The zero-order valence-corrected chi connectivity index (χ0v) is 12.0. The summed E-state index contributed by atoms with van der Waals surface area (Å²) in [5.41, 5.74) is 6.26. The van der Waals surface area contributed by atoms with Crippen molar-refractivity contribution in [1.82, 2.24) is 0 Å². The first-order valence-electron chi connectivity index (χ1n) is 5.57. The van der Waals surface area contributed by atoms with Crippen molar-refractivity contribution >= 4 is 21.4 Å². The van der Waals surface area contributed by atoms with Crippen molar-refractivity contribution in [1.29, 1.82) is 0 Å². The molecule has 1 aromatic carbocycles.